The molecule has 0 aromatic carbocycles. The first-order valence-corrected chi connectivity index (χ1v) is 19.7. The molecule has 3 aliphatic rings. The second kappa shape index (κ2) is 18.5. The monoisotopic (exact) mass is 763 g/mol. The number of likely N-dealkylation sites (N-methyl/N-ethyl adjacent to an activating group) is 2. The Morgan fingerprint density at radius 1 is 0.925 bits per heavy atom. The summed E-state index contributed by atoms with van der Waals surface area (Å²) in [7, 11) is 5.29. The summed E-state index contributed by atoms with van der Waals surface area (Å²) >= 11 is 0. The van der Waals surface area contributed by atoms with Gasteiger partial charge in [-0.05, 0) is 94.3 Å². The number of carbonyl (C=O) groups excluding carboxylic acids is 1. The molecule has 3 fully saturated rings. The van der Waals surface area contributed by atoms with Gasteiger partial charge in [0, 0.05) is 38.1 Å². The lowest BCUT2D eigenvalue weighted by Gasteiger charge is -2.48. The van der Waals surface area contributed by atoms with E-state index in [0.717, 1.165) is 0 Å². The van der Waals surface area contributed by atoms with E-state index in [0.29, 0.717) is 19.5 Å². The van der Waals surface area contributed by atoms with Crippen LogP contribution in [-0.4, -0.2) is 166 Å². The van der Waals surface area contributed by atoms with Crippen molar-refractivity contribution in [2.75, 3.05) is 34.3 Å². The number of methoxy groups -OCH3 is 1. The number of ether oxygens (including phenoxy) is 6. The standard InChI is InChI=1S/C39H74N2O12/c1-15-28-39(11,47)32(43)25(7)41(16-2)20-21(3)18-37(9,46)34(53-36-30(42)27(40(12)13)17-22(4)49-36)23(5)31(24(6)35(45)51-28)52-29-19-38(10,48-14)33(44)26(8)50-29/h21-34,36,42-44,46-47H,15-20H2,1-14H3/t21-,22-,23+,24-,25-,26?,27?,28-,29+,30?,31+,32-,33+,34-,36+,37-,38?,39-/m1/s1. The van der Waals surface area contributed by atoms with Crippen LogP contribution in [0.3, 0.4) is 0 Å². The van der Waals surface area contributed by atoms with Crippen molar-refractivity contribution >= 4 is 5.97 Å². The van der Waals surface area contributed by atoms with Crippen LogP contribution in [0.4, 0.5) is 0 Å². The molecule has 0 bridgehead atoms. The molecule has 3 rings (SSSR count). The maximum atomic E-state index is 14.3. The molecular formula is C39H74N2O12. The minimum atomic E-state index is -1.80. The van der Waals surface area contributed by atoms with Crippen LogP contribution in [0.25, 0.3) is 0 Å². The highest BCUT2D eigenvalue weighted by Crippen LogP contribution is 2.40. The molecule has 0 spiro atoms. The van der Waals surface area contributed by atoms with Gasteiger partial charge in [0.1, 0.15) is 30.0 Å². The third kappa shape index (κ3) is 10.5. The van der Waals surface area contributed by atoms with Crippen LogP contribution < -0.4 is 0 Å². The van der Waals surface area contributed by atoms with Crippen LogP contribution in [0.2, 0.25) is 0 Å². The van der Waals surface area contributed by atoms with Crippen molar-refractivity contribution in [2.45, 2.75) is 192 Å². The Morgan fingerprint density at radius 3 is 2.09 bits per heavy atom. The number of hydrogen-bond acceptors (Lipinski definition) is 14. The summed E-state index contributed by atoms with van der Waals surface area (Å²) in [5, 5.41) is 58.5. The molecule has 3 aliphatic heterocycles. The molecule has 3 heterocycles. The Hall–Kier alpha value is -1.01. The highest BCUT2D eigenvalue weighted by molar-refractivity contribution is 5.73. The smallest absolute Gasteiger partial charge is 0.311 e. The van der Waals surface area contributed by atoms with Gasteiger partial charge in [-0.3, -0.25) is 9.69 Å². The third-order valence-electron chi connectivity index (χ3n) is 12.4. The molecule has 0 aromatic rings. The van der Waals surface area contributed by atoms with E-state index in [1.54, 1.807) is 34.6 Å². The van der Waals surface area contributed by atoms with Crippen molar-refractivity contribution in [3.63, 3.8) is 0 Å². The number of hydrogen-bond donors (Lipinski definition) is 5. The first kappa shape index (κ1) is 46.4. The predicted octanol–water partition coefficient (Wildman–Crippen LogP) is 2.29. The third-order valence-corrected chi connectivity index (χ3v) is 12.4. The Kier molecular flexibility index (Phi) is 16.2. The van der Waals surface area contributed by atoms with Crippen molar-refractivity contribution in [3.8, 4) is 0 Å². The first-order chi connectivity index (χ1) is 24.4. The zero-order chi connectivity index (χ0) is 40.4. The maximum Gasteiger partial charge on any atom is 0.311 e. The van der Waals surface area contributed by atoms with E-state index in [2.05, 4.69) is 0 Å². The van der Waals surface area contributed by atoms with Gasteiger partial charge in [-0.1, -0.05) is 27.7 Å². The summed E-state index contributed by atoms with van der Waals surface area (Å²) in [6.07, 6.45) is -8.18. The molecule has 0 amide bonds. The summed E-state index contributed by atoms with van der Waals surface area (Å²) < 4.78 is 37.6. The Morgan fingerprint density at radius 2 is 1.55 bits per heavy atom. The van der Waals surface area contributed by atoms with Gasteiger partial charge in [0.05, 0.1) is 41.5 Å². The predicted molar refractivity (Wildman–Crippen MR) is 199 cm³/mol. The van der Waals surface area contributed by atoms with Gasteiger partial charge in [-0.25, -0.2) is 0 Å². The molecule has 5 N–H and O–H groups in total. The largest absolute Gasteiger partial charge is 0.459 e. The number of nitrogens with zero attached hydrogens (tertiary/aromatic N) is 2. The lowest BCUT2D eigenvalue weighted by atomic mass is 9.77. The van der Waals surface area contributed by atoms with Gasteiger partial charge in [-0.15, -0.1) is 0 Å². The summed E-state index contributed by atoms with van der Waals surface area (Å²) in [6, 6.07) is -0.794. The van der Waals surface area contributed by atoms with Gasteiger partial charge >= 0.3 is 5.97 Å². The topological polar surface area (TPSA) is 180 Å². The Balaban J connectivity index is 2.19. The summed E-state index contributed by atoms with van der Waals surface area (Å²) in [5.41, 5.74) is -4.38. The van der Waals surface area contributed by atoms with Crippen LogP contribution in [0.1, 0.15) is 102 Å². The Bertz CT molecular complexity index is 1160. The molecule has 0 aromatic heterocycles. The van der Waals surface area contributed by atoms with Gasteiger partial charge < -0.3 is 58.9 Å². The van der Waals surface area contributed by atoms with E-state index in [1.807, 2.05) is 58.5 Å². The highest BCUT2D eigenvalue weighted by atomic mass is 16.7. The molecule has 0 radical (unpaired) electrons. The summed E-state index contributed by atoms with van der Waals surface area (Å²) in [4.78, 5) is 18.2. The molecule has 14 nitrogen and oxygen atoms in total. The molecule has 312 valence electrons. The van der Waals surface area contributed by atoms with Crippen molar-refractivity contribution in [3.05, 3.63) is 0 Å². The van der Waals surface area contributed by atoms with Crippen LogP contribution >= 0.6 is 0 Å². The number of carbonyl (C=O) groups is 1. The number of aliphatic hydroxyl groups excluding tert-OH is 3. The second-order valence-electron chi connectivity index (χ2n) is 17.3. The van der Waals surface area contributed by atoms with Crippen molar-refractivity contribution < 1.29 is 58.7 Å². The van der Waals surface area contributed by atoms with E-state index in [1.165, 1.54) is 14.0 Å². The van der Waals surface area contributed by atoms with Crippen LogP contribution in [0, 0.1) is 17.8 Å². The SMILES string of the molecule is CC[C@H]1OC(=O)[C@H](C)[C@@H](O[C@H]2CC(C)(OC)[C@@H](O)C(C)O2)[C@H](C)[C@@H](O[C@@H]2O[C@H](C)CC(N(C)C)C2O)[C@](C)(O)C[C@@H](C)CN(CC)[C@H](C)[C@@H](O)[C@]1(C)O. The van der Waals surface area contributed by atoms with Crippen LogP contribution in [0.15, 0.2) is 0 Å². The van der Waals surface area contributed by atoms with Crippen molar-refractivity contribution in [2.24, 2.45) is 17.8 Å². The van der Waals surface area contributed by atoms with Gasteiger partial charge in [0.15, 0.2) is 12.6 Å². The van der Waals surface area contributed by atoms with Crippen LogP contribution in [-0.2, 0) is 33.2 Å². The normalized spacial score (nSPS) is 48.9. The van der Waals surface area contributed by atoms with E-state index < -0.39 is 96.0 Å². The van der Waals surface area contributed by atoms with Gasteiger partial charge in [0.25, 0.3) is 0 Å². The zero-order valence-electron chi connectivity index (χ0n) is 34.9. The number of aliphatic hydroxyl groups is 5. The lowest BCUT2D eigenvalue weighted by molar-refractivity contribution is -0.318. The zero-order valence-corrected chi connectivity index (χ0v) is 34.9. The molecule has 4 unspecified atom stereocenters. The lowest BCUT2D eigenvalue weighted by Crippen LogP contribution is -2.60. The first-order valence-electron chi connectivity index (χ1n) is 19.7. The second-order valence-corrected chi connectivity index (χ2v) is 17.3. The van der Waals surface area contributed by atoms with Crippen LogP contribution in [0.5, 0.6) is 0 Å². The van der Waals surface area contributed by atoms with E-state index in [9.17, 15) is 30.3 Å². The fourth-order valence-electron chi connectivity index (χ4n) is 9.02. The Labute approximate surface area is 318 Å². The molecular weight excluding hydrogens is 688 g/mol. The number of rotatable bonds is 8. The minimum absolute atomic E-state index is 0.134. The number of esters is 1. The summed E-state index contributed by atoms with van der Waals surface area (Å²) in [6.45, 7) is 20.7. The molecule has 53 heavy (non-hydrogen) atoms. The molecule has 14 heteroatoms. The van der Waals surface area contributed by atoms with Gasteiger partial charge in [-0.2, -0.15) is 0 Å². The van der Waals surface area contributed by atoms with E-state index in [-0.39, 0.29) is 37.3 Å². The van der Waals surface area contributed by atoms with E-state index in [4.69, 9.17) is 28.4 Å². The fourth-order valence-corrected chi connectivity index (χ4v) is 9.02. The molecule has 0 aliphatic carbocycles. The minimum Gasteiger partial charge on any atom is -0.459 e. The molecule has 0 saturated carbocycles. The fraction of sp³-hybridized carbons (Fsp3) is 0.974. The van der Waals surface area contributed by atoms with E-state index >= 15 is 0 Å². The average Bonchev–Trinajstić information content (AvgIpc) is 3.08. The highest BCUT2D eigenvalue weighted by Gasteiger charge is 2.52. The quantitative estimate of drug-likeness (QED) is 0.228. The average molecular weight is 763 g/mol. The maximum absolute atomic E-state index is 14.3. The van der Waals surface area contributed by atoms with Gasteiger partial charge in [0.2, 0.25) is 0 Å². The molecule has 3 saturated heterocycles. The van der Waals surface area contributed by atoms with Crippen molar-refractivity contribution in [1.82, 2.24) is 9.80 Å². The summed E-state index contributed by atoms with van der Waals surface area (Å²) in [5.74, 6) is -2.58. The molecule has 18 atom stereocenters. The number of cyclic esters (lactones) is 1. The van der Waals surface area contributed by atoms with Crippen molar-refractivity contribution in [1.29, 1.82) is 0 Å².